The summed E-state index contributed by atoms with van der Waals surface area (Å²) < 4.78 is 16.8. The quantitative estimate of drug-likeness (QED) is 0.559. The molecule has 0 heterocycles. The molecule has 0 aliphatic heterocycles. The molecule has 0 spiro atoms. The van der Waals surface area contributed by atoms with Gasteiger partial charge >= 0.3 is 0 Å². The summed E-state index contributed by atoms with van der Waals surface area (Å²) in [5.41, 5.74) is 2.03. The molecule has 5 nitrogen and oxygen atoms in total. The van der Waals surface area contributed by atoms with Crippen molar-refractivity contribution in [2.24, 2.45) is 0 Å². The lowest BCUT2D eigenvalue weighted by Gasteiger charge is -2.21. The second-order valence-electron chi connectivity index (χ2n) is 7.22. The maximum absolute atomic E-state index is 6.02. The first-order valence-electron chi connectivity index (χ1n) is 10.2. The fourth-order valence-electron chi connectivity index (χ4n) is 3.63. The number of ether oxygens (including phenoxy) is 3. The molecule has 1 fully saturated rings. The number of hydrogen-bond donors (Lipinski definition) is 2. The molecule has 29 heavy (non-hydrogen) atoms. The Bertz CT molecular complexity index is 804. The van der Waals surface area contributed by atoms with E-state index in [1.54, 1.807) is 14.2 Å². The minimum atomic E-state index is 0.0692. The van der Waals surface area contributed by atoms with Gasteiger partial charge < -0.3 is 24.8 Å². The van der Waals surface area contributed by atoms with Gasteiger partial charge in [0.2, 0.25) is 0 Å². The summed E-state index contributed by atoms with van der Waals surface area (Å²) in [5, 5.41) is 7.22. The molecule has 6 heteroatoms. The van der Waals surface area contributed by atoms with Crippen molar-refractivity contribution in [1.29, 1.82) is 0 Å². The molecule has 156 valence electrons. The number of hydrogen-bond acceptors (Lipinski definition) is 4. The van der Waals surface area contributed by atoms with Gasteiger partial charge in [-0.25, -0.2) is 0 Å². The van der Waals surface area contributed by atoms with Crippen molar-refractivity contribution >= 4 is 23.0 Å². The predicted octanol–water partition coefficient (Wildman–Crippen LogP) is 5.46. The maximum atomic E-state index is 6.02. The Morgan fingerprint density at radius 3 is 2.34 bits per heavy atom. The Morgan fingerprint density at radius 2 is 1.72 bits per heavy atom. The van der Waals surface area contributed by atoms with Gasteiger partial charge in [-0.3, -0.25) is 0 Å². The van der Waals surface area contributed by atoms with Gasteiger partial charge in [-0.1, -0.05) is 13.0 Å². The summed E-state index contributed by atoms with van der Waals surface area (Å²) in [6.45, 7) is 2.12. The summed E-state index contributed by atoms with van der Waals surface area (Å²) in [7, 11) is 3.28. The fourth-order valence-corrected chi connectivity index (χ4v) is 3.89. The van der Waals surface area contributed by atoms with E-state index in [0.29, 0.717) is 22.7 Å². The van der Waals surface area contributed by atoms with Crippen LogP contribution >= 0.6 is 12.2 Å². The van der Waals surface area contributed by atoms with Crippen LogP contribution in [0.15, 0.2) is 42.5 Å². The first-order chi connectivity index (χ1) is 14.1. The monoisotopic (exact) mass is 414 g/mol. The highest BCUT2D eigenvalue weighted by atomic mass is 32.1. The third kappa shape index (κ3) is 5.76. The average Bonchev–Trinajstić information content (AvgIpc) is 3.26. The normalized spacial score (nSPS) is 14.9. The molecule has 3 rings (SSSR count). The van der Waals surface area contributed by atoms with E-state index >= 15 is 0 Å². The minimum absolute atomic E-state index is 0.0692. The molecule has 2 aromatic rings. The molecule has 2 N–H and O–H groups in total. The van der Waals surface area contributed by atoms with Crippen LogP contribution < -0.4 is 24.8 Å². The molecule has 0 aromatic heterocycles. The lowest BCUT2D eigenvalue weighted by atomic mass is 10.0. The number of anilines is 1. The molecular formula is C23H30N2O3S. The molecule has 1 aliphatic rings. The van der Waals surface area contributed by atoms with Crippen LogP contribution in [0, 0.1) is 0 Å². The predicted molar refractivity (Wildman–Crippen MR) is 121 cm³/mol. The molecule has 2 aromatic carbocycles. The van der Waals surface area contributed by atoms with E-state index in [9.17, 15) is 0 Å². The van der Waals surface area contributed by atoms with Crippen molar-refractivity contribution in [3.63, 3.8) is 0 Å². The molecular weight excluding hydrogens is 384 g/mol. The van der Waals surface area contributed by atoms with Gasteiger partial charge in [0.05, 0.1) is 26.4 Å². The number of benzene rings is 2. The lowest BCUT2D eigenvalue weighted by molar-refractivity contribution is 0.210. The van der Waals surface area contributed by atoms with Crippen molar-refractivity contribution in [1.82, 2.24) is 5.32 Å². The van der Waals surface area contributed by atoms with E-state index in [2.05, 4.69) is 17.6 Å². The number of thiocarbonyl (C=S) groups is 1. The smallest absolute Gasteiger partial charge is 0.171 e. The molecule has 0 amide bonds. The van der Waals surface area contributed by atoms with Gasteiger partial charge in [-0.15, -0.1) is 0 Å². The van der Waals surface area contributed by atoms with Crippen LogP contribution in [-0.2, 0) is 0 Å². The summed E-state index contributed by atoms with van der Waals surface area (Å²) in [6.07, 6.45) is 6.09. The molecule has 1 saturated carbocycles. The molecule has 0 radical (unpaired) electrons. The summed E-state index contributed by atoms with van der Waals surface area (Å²) >= 11 is 5.53. The van der Waals surface area contributed by atoms with E-state index in [-0.39, 0.29) is 6.04 Å². The van der Waals surface area contributed by atoms with Crippen LogP contribution in [0.4, 0.5) is 5.69 Å². The lowest BCUT2D eigenvalue weighted by Crippen LogP contribution is -2.32. The van der Waals surface area contributed by atoms with Crippen LogP contribution in [0.5, 0.6) is 17.2 Å². The number of methoxy groups -OCH3 is 2. The van der Waals surface area contributed by atoms with E-state index in [4.69, 9.17) is 26.4 Å². The molecule has 1 aliphatic carbocycles. The van der Waals surface area contributed by atoms with Crippen molar-refractivity contribution in [2.45, 2.75) is 51.2 Å². The van der Waals surface area contributed by atoms with Crippen molar-refractivity contribution in [3.05, 3.63) is 48.0 Å². The minimum Gasteiger partial charge on any atom is -0.493 e. The highest BCUT2D eigenvalue weighted by molar-refractivity contribution is 7.80. The Balaban J connectivity index is 1.58. The van der Waals surface area contributed by atoms with Crippen LogP contribution in [0.3, 0.4) is 0 Å². The summed E-state index contributed by atoms with van der Waals surface area (Å²) in [6, 6.07) is 14.0. The van der Waals surface area contributed by atoms with Crippen LogP contribution in [0.2, 0.25) is 0 Å². The molecule has 1 atom stereocenters. The van der Waals surface area contributed by atoms with Crippen LogP contribution in [0.1, 0.15) is 50.6 Å². The van der Waals surface area contributed by atoms with Crippen molar-refractivity contribution in [2.75, 3.05) is 19.5 Å². The summed E-state index contributed by atoms with van der Waals surface area (Å²) in [4.78, 5) is 0. The van der Waals surface area contributed by atoms with Crippen molar-refractivity contribution in [3.8, 4) is 17.2 Å². The first-order valence-corrected chi connectivity index (χ1v) is 10.6. The van der Waals surface area contributed by atoms with Gasteiger partial charge in [-0.05, 0) is 86.3 Å². The van der Waals surface area contributed by atoms with Gasteiger partial charge in [0, 0.05) is 5.69 Å². The van der Waals surface area contributed by atoms with Crippen LogP contribution in [-0.4, -0.2) is 25.4 Å². The zero-order chi connectivity index (χ0) is 20.6. The van der Waals surface area contributed by atoms with Gasteiger partial charge in [0.1, 0.15) is 5.75 Å². The highest BCUT2D eigenvalue weighted by Gasteiger charge is 2.17. The standard InChI is InChI=1S/C23H30N2O3S/c1-4-20(16-9-14-21(26-2)22(15-16)27-3)25-23(29)24-17-10-12-19(13-11-17)28-18-7-5-6-8-18/h9-15,18,20H,4-8H2,1-3H3,(H2,24,25,29)/t20-/m0/s1. The summed E-state index contributed by atoms with van der Waals surface area (Å²) in [5.74, 6) is 2.34. The zero-order valence-corrected chi connectivity index (χ0v) is 18.2. The van der Waals surface area contributed by atoms with Gasteiger partial charge in [-0.2, -0.15) is 0 Å². The van der Waals surface area contributed by atoms with E-state index < -0.39 is 0 Å². The largest absolute Gasteiger partial charge is 0.493 e. The third-order valence-corrected chi connectivity index (χ3v) is 5.46. The van der Waals surface area contributed by atoms with E-state index in [1.165, 1.54) is 12.8 Å². The molecule has 0 bridgehead atoms. The molecule has 0 unspecified atom stereocenters. The molecule has 0 saturated heterocycles. The Morgan fingerprint density at radius 1 is 1.03 bits per heavy atom. The zero-order valence-electron chi connectivity index (χ0n) is 17.4. The topological polar surface area (TPSA) is 51.8 Å². The maximum Gasteiger partial charge on any atom is 0.171 e. The second-order valence-corrected chi connectivity index (χ2v) is 7.63. The Hall–Kier alpha value is -2.47. The number of rotatable bonds is 8. The first kappa shape index (κ1) is 21.2. The van der Waals surface area contributed by atoms with E-state index in [0.717, 1.165) is 36.3 Å². The Kier molecular flexibility index (Phi) is 7.58. The number of nitrogens with one attached hydrogen (secondary N) is 2. The van der Waals surface area contributed by atoms with Crippen molar-refractivity contribution < 1.29 is 14.2 Å². The van der Waals surface area contributed by atoms with E-state index in [1.807, 2.05) is 42.5 Å². The highest BCUT2D eigenvalue weighted by Crippen LogP contribution is 2.31. The SMILES string of the molecule is CC[C@H](NC(=S)Nc1ccc(OC2CCCC2)cc1)c1ccc(OC)c(OC)c1. The second kappa shape index (κ2) is 10.3. The fraction of sp³-hybridized carbons (Fsp3) is 0.435. The Labute approximate surface area is 178 Å². The van der Waals surface area contributed by atoms with Gasteiger partial charge in [0.25, 0.3) is 0 Å². The third-order valence-electron chi connectivity index (χ3n) is 5.24. The van der Waals surface area contributed by atoms with Crippen LogP contribution in [0.25, 0.3) is 0 Å². The average molecular weight is 415 g/mol. The van der Waals surface area contributed by atoms with Gasteiger partial charge in [0.15, 0.2) is 16.6 Å².